The van der Waals surface area contributed by atoms with E-state index >= 15 is 0 Å². The Bertz CT molecular complexity index is 931. The maximum absolute atomic E-state index is 12.0. The van der Waals surface area contributed by atoms with Crippen molar-refractivity contribution >= 4 is 18.1 Å². The number of carbonyl (C=O) groups excluding carboxylic acids is 2. The molecule has 2 N–H and O–H groups in total. The second-order valence-corrected chi connectivity index (χ2v) is 5.46. The fourth-order valence-electron chi connectivity index (χ4n) is 2.12. The third-order valence-electron chi connectivity index (χ3n) is 3.42. The molecular formula is C19H16N4O3. The Morgan fingerprint density at radius 1 is 1.12 bits per heavy atom. The third kappa shape index (κ3) is 4.41. The number of nitrogens with one attached hydrogen (secondary N) is 2. The maximum atomic E-state index is 12.0. The van der Waals surface area contributed by atoms with E-state index in [2.05, 4.69) is 20.7 Å². The Hall–Kier alpha value is -3.74. The normalized spacial score (nSPS) is 10.7. The first-order valence-corrected chi connectivity index (χ1v) is 7.84. The fourth-order valence-corrected chi connectivity index (χ4v) is 2.12. The number of benzene rings is 2. The van der Waals surface area contributed by atoms with Crippen LogP contribution < -0.4 is 10.2 Å². The van der Waals surface area contributed by atoms with Gasteiger partial charge in [0.25, 0.3) is 5.91 Å². The van der Waals surface area contributed by atoms with Gasteiger partial charge in [-0.3, -0.25) is 9.89 Å². The number of carbonyl (C=O) groups is 2. The molecule has 130 valence electrons. The van der Waals surface area contributed by atoms with Crippen LogP contribution in [0.1, 0.15) is 32.1 Å². The molecule has 0 bridgehead atoms. The quantitative estimate of drug-likeness (QED) is 0.321. The summed E-state index contributed by atoms with van der Waals surface area (Å²) in [5.41, 5.74) is 4.67. The number of H-pyrrole nitrogens is 1. The molecular weight excluding hydrogens is 332 g/mol. The van der Waals surface area contributed by atoms with Gasteiger partial charge in [0, 0.05) is 5.69 Å². The minimum Gasteiger partial charge on any atom is -0.423 e. The Morgan fingerprint density at radius 3 is 2.50 bits per heavy atom. The van der Waals surface area contributed by atoms with E-state index in [9.17, 15) is 9.59 Å². The van der Waals surface area contributed by atoms with Crippen LogP contribution in [0.15, 0.2) is 65.8 Å². The van der Waals surface area contributed by atoms with Gasteiger partial charge in [-0.15, -0.1) is 0 Å². The number of hydrogen-bond acceptors (Lipinski definition) is 5. The molecule has 0 aliphatic carbocycles. The lowest BCUT2D eigenvalue weighted by Gasteiger charge is -2.04. The molecule has 0 unspecified atom stereocenters. The molecule has 0 saturated heterocycles. The fraction of sp³-hybridized carbons (Fsp3) is 0.0526. The summed E-state index contributed by atoms with van der Waals surface area (Å²) in [5.74, 6) is -0.403. The van der Waals surface area contributed by atoms with Crippen molar-refractivity contribution in [2.75, 3.05) is 0 Å². The van der Waals surface area contributed by atoms with E-state index in [0.717, 1.165) is 11.3 Å². The van der Waals surface area contributed by atoms with Gasteiger partial charge in [-0.25, -0.2) is 10.2 Å². The zero-order chi connectivity index (χ0) is 18.4. The number of ether oxygens (including phenoxy) is 1. The first-order chi connectivity index (χ1) is 12.6. The number of aryl methyl sites for hydroxylation is 1. The van der Waals surface area contributed by atoms with E-state index in [4.69, 9.17) is 4.74 Å². The van der Waals surface area contributed by atoms with Crippen LogP contribution in [0.25, 0.3) is 0 Å². The van der Waals surface area contributed by atoms with Crippen molar-refractivity contribution in [3.63, 3.8) is 0 Å². The van der Waals surface area contributed by atoms with Gasteiger partial charge in [0.2, 0.25) is 0 Å². The highest BCUT2D eigenvalue weighted by Crippen LogP contribution is 2.13. The first kappa shape index (κ1) is 17.1. The van der Waals surface area contributed by atoms with Crippen LogP contribution in [0.5, 0.6) is 5.75 Å². The second-order valence-electron chi connectivity index (χ2n) is 5.46. The number of aromatic nitrogens is 2. The van der Waals surface area contributed by atoms with Crippen LogP contribution in [-0.2, 0) is 0 Å². The molecule has 1 amide bonds. The van der Waals surface area contributed by atoms with Crippen LogP contribution in [0.3, 0.4) is 0 Å². The molecule has 0 spiro atoms. The largest absolute Gasteiger partial charge is 0.423 e. The van der Waals surface area contributed by atoms with Crippen molar-refractivity contribution in [1.82, 2.24) is 15.6 Å². The minimum atomic E-state index is -0.423. The molecule has 0 fully saturated rings. The number of nitrogens with zero attached hydrogens (tertiary/aromatic N) is 2. The topological polar surface area (TPSA) is 96.4 Å². The van der Waals surface area contributed by atoms with E-state index in [-0.39, 0.29) is 5.69 Å². The summed E-state index contributed by atoms with van der Waals surface area (Å²) in [6.45, 7) is 1.80. The van der Waals surface area contributed by atoms with E-state index < -0.39 is 11.9 Å². The van der Waals surface area contributed by atoms with Gasteiger partial charge in [0.1, 0.15) is 5.75 Å². The van der Waals surface area contributed by atoms with Gasteiger partial charge in [-0.2, -0.15) is 10.2 Å². The lowest BCUT2D eigenvalue weighted by molar-refractivity contribution is 0.0734. The highest BCUT2D eigenvalue weighted by molar-refractivity contribution is 5.93. The number of rotatable bonds is 5. The Kier molecular flexibility index (Phi) is 5.19. The van der Waals surface area contributed by atoms with E-state index in [1.54, 1.807) is 61.5 Å². The molecule has 1 aromatic heterocycles. The van der Waals surface area contributed by atoms with Gasteiger partial charge in [-0.1, -0.05) is 18.2 Å². The van der Waals surface area contributed by atoms with Crippen molar-refractivity contribution in [1.29, 1.82) is 0 Å². The molecule has 2 aromatic carbocycles. The number of aromatic amines is 1. The minimum absolute atomic E-state index is 0.267. The molecule has 3 rings (SSSR count). The van der Waals surface area contributed by atoms with Crippen molar-refractivity contribution in [2.24, 2.45) is 5.10 Å². The molecule has 3 aromatic rings. The monoisotopic (exact) mass is 348 g/mol. The molecule has 7 heteroatoms. The molecule has 0 aliphatic rings. The molecule has 0 saturated carbocycles. The summed E-state index contributed by atoms with van der Waals surface area (Å²) in [6.07, 6.45) is 1.49. The zero-order valence-electron chi connectivity index (χ0n) is 14.0. The zero-order valence-corrected chi connectivity index (χ0v) is 14.0. The average Bonchev–Trinajstić information content (AvgIpc) is 3.10. The SMILES string of the molecule is Cc1cc(C(=O)NN=Cc2ccc(OC(=O)c3ccccc3)cc2)n[nH]1. The van der Waals surface area contributed by atoms with Crippen molar-refractivity contribution in [2.45, 2.75) is 6.92 Å². The summed E-state index contributed by atoms with van der Waals surface area (Å²) >= 11 is 0. The van der Waals surface area contributed by atoms with Crippen molar-refractivity contribution in [3.8, 4) is 5.75 Å². The standard InChI is InChI=1S/C19H16N4O3/c1-13-11-17(22-21-13)18(24)23-20-12-14-7-9-16(10-8-14)26-19(25)15-5-3-2-4-6-15/h2-12H,1H3,(H,21,22)(H,23,24). The summed E-state index contributed by atoms with van der Waals surface area (Å²) in [6, 6.07) is 17.1. The summed E-state index contributed by atoms with van der Waals surface area (Å²) < 4.78 is 5.29. The molecule has 0 radical (unpaired) electrons. The number of hydrazone groups is 1. The Morgan fingerprint density at radius 2 is 1.85 bits per heavy atom. The van der Waals surface area contributed by atoms with Crippen LogP contribution in [0.2, 0.25) is 0 Å². The summed E-state index contributed by atoms with van der Waals surface area (Å²) in [5, 5.41) is 10.4. The van der Waals surface area contributed by atoms with Gasteiger partial charge in [-0.05, 0) is 55.0 Å². The highest BCUT2D eigenvalue weighted by atomic mass is 16.5. The Balaban J connectivity index is 1.56. The Labute approximate surface area is 149 Å². The third-order valence-corrected chi connectivity index (χ3v) is 3.42. The van der Waals surface area contributed by atoms with E-state index in [1.807, 2.05) is 6.07 Å². The smallest absolute Gasteiger partial charge is 0.343 e. The molecule has 0 aliphatic heterocycles. The van der Waals surface area contributed by atoms with E-state index in [1.165, 1.54) is 6.21 Å². The van der Waals surface area contributed by atoms with Gasteiger partial charge >= 0.3 is 5.97 Å². The van der Waals surface area contributed by atoms with Gasteiger partial charge in [0.05, 0.1) is 11.8 Å². The van der Waals surface area contributed by atoms with Crippen LogP contribution in [0.4, 0.5) is 0 Å². The predicted octanol–water partition coefficient (Wildman–Crippen LogP) is 2.70. The summed E-state index contributed by atoms with van der Waals surface area (Å²) in [4.78, 5) is 23.8. The number of amides is 1. The van der Waals surface area contributed by atoms with Gasteiger partial charge in [0.15, 0.2) is 5.69 Å². The van der Waals surface area contributed by atoms with E-state index in [0.29, 0.717) is 11.3 Å². The van der Waals surface area contributed by atoms with Crippen LogP contribution in [0, 0.1) is 6.92 Å². The number of hydrogen-bond donors (Lipinski definition) is 2. The van der Waals surface area contributed by atoms with Gasteiger partial charge < -0.3 is 4.74 Å². The van der Waals surface area contributed by atoms with Crippen molar-refractivity contribution in [3.05, 3.63) is 83.2 Å². The lowest BCUT2D eigenvalue weighted by Crippen LogP contribution is -2.18. The van der Waals surface area contributed by atoms with Crippen LogP contribution >= 0.6 is 0 Å². The highest BCUT2D eigenvalue weighted by Gasteiger charge is 2.08. The molecule has 0 atom stereocenters. The molecule has 7 nitrogen and oxygen atoms in total. The van der Waals surface area contributed by atoms with Crippen molar-refractivity contribution < 1.29 is 14.3 Å². The lowest BCUT2D eigenvalue weighted by atomic mass is 10.2. The second kappa shape index (κ2) is 7.89. The molecule has 26 heavy (non-hydrogen) atoms. The number of esters is 1. The van der Waals surface area contributed by atoms with Crippen LogP contribution in [-0.4, -0.2) is 28.3 Å². The maximum Gasteiger partial charge on any atom is 0.343 e. The molecule has 1 heterocycles. The summed E-state index contributed by atoms with van der Waals surface area (Å²) in [7, 11) is 0. The predicted molar refractivity (Wildman–Crippen MR) is 96.2 cm³/mol. The first-order valence-electron chi connectivity index (χ1n) is 7.84. The average molecular weight is 348 g/mol.